The zero-order valence-electron chi connectivity index (χ0n) is 9.68. The number of nitrogens with one attached hydrogen (secondary N) is 1. The molecular weight excluding hydrogens is 218 g/mol. The molecule has 0 aromatic heterocycles. The summed E-state index contributed by atoms with van der Waals surface area (Å²) in [5.41, 5.74) is 3.56. The molecule has 2 N–H and O–H groups in total. The molecule has 0 amide bonds. The fourth-order valence-corrected chi connectivity index (χ4v) is 1.18. The van der Waals surface area contributed by atoms with Crippen molar-refractivity contribution in [1.29, 1.82) is 5.26 Å². The third-order valence-electron chi connectivity index (χ3n) is 1.94. The Morgan fingerprint density at radius 3 is 3.12 bits per heavy atom. The van der Waals surface area contributed by atoms with Gasteiger partial charge in [-0.2, -0.15) is 10.4 Å². The van der Waals surface area contributed by atoms with Gasteiger partial charge in [0.15, 0.2) is 11.5 Å². The van der Waals surface area contributed by atoms with Gasteiger partial charge in [0.1, 0.15) is 0 Å². The topological polar surface area (TPSA) is 77.6 Å². The number of hydrogen-bond donors (Lipinski definition) is 2. The van der Waals surface area contributed by atoms with Crippen LogP contribution in [0.15, 0.2) is 23.3 Å². The number of hydrazone groups is 1. The van der Waals surface area contributed by atoms with E-state index in [4.69, 9.17) is 10.00 Å². The first-order chi connectivity index (χ1) is 8.27. The van der Waals surface area contributed by atoms with Crippen LogP contribution in [-0.2, 0) is 0 Å². The number of nitriles is 1. The second-order valence-corrected chi connectivity index (χ2v) is 3.23. The van der Waals surface area contributed by atoms with Gasteiger partial charge >= 0.3 is 0 Å². The Balaban J connectivity index is 2.59. The Labute approximate surface area is 100 Å². The largest absolute Gasteiger partial charge is 0.504 e. The summed E-state index contributed by atoms with van der Waals surface area (Å²) in [6, 6.07) is 7.00. The molecule has 1 aromatic rings. The Morgan fingerprint density at radius 2 is 2.41 bits per heavy atom. The zero-order chi connectivity index (χ0) is 12.5. The molecule has 90 valence electrons. The Bertz CT molecular complexity index is 424. The minimum Gasteiger partial charge on any atom is -0.504 e. The van der Waals surface area contributed by atoms with Crippen LogP contribution in [0.2, 0.25) is 0 Å². The quantitative estimate of drug-likeness (QED) is 0.444. The molecular formula is C12H15N3O2. The lowest BCUT2D eigenvalue weighted by Crippen LogP contribution is -2.06. The van der Waals surface area contributed by atoms with Crippen LogP contribution in [0.3, 0.4) is 0 Å². The van der Waals surface area contributed by atoms with Crippen molar-refractivity contribution < 1.29 is 9.84 Å². The molecule has 0 unspecified atom stereocenters. The van der Waals surface area contributed by atoms with E-state index in [-0.39, 0.29) is 5.75 Å². The standard InChI is InChI=1S/C12H15N3O2/c1-2-17-12-8-10(4-5-11(12)16)9-15-14-7-3-6-13/h4-5,8-9,14,16H,2-3,7H2,1H3/b15-9+. The van der Waals surface area contributed by atoms with E-state index in [1.54, 1.807) is 24.4 Å². The highest BCUT2D eigenvalue weighted by molar-refractivity contribution is 5.80. The van der Waals surface area contributed by atoms with Crippen molar-refractivity contribution in [3.05, 3.63) is 23.8 Å². The van der Waals surface area contributed by atoms with Crippen molar-refractivity contribution in [3.8, 4) is 17.6 Å². The molecule has 0 bridgehead atoms. The second kappa shape index (κ2) is 7.12. The van der Waals surface area contributed by atoms with Crippen LogP contribution >= 0.6 is 0 Å². The number of rotatable bonds is 6. The van der Waals surface area contributed by atoms with Gasteiger partial charge in [-0.15, -0.1) is 0 Å². The Kier molecular flexibility index (Phi) is 5.38. The summed E-state index contributed by atoms with van der Waals surface area (Å²) >= 11 is 0. The van der Waals surface area contributed by atoms with Gasteiger partial charge in [-0.05, 0) is 30.7 Å². The van der Waals surface area contributed by atoms with Crippen LogP contribution in [0.4, 0.5) is 0 Å². The first-order valence-corrected chi connectivity index (χ1v) is 5.36. The number of phenolic OH excluding ortho intramolecular Hbond substituents is 1. The lowest BCUT2D eigenvalue weighted by molar-refractivity contribution is 0.318. The van der Waals surface area contributed by atoms with E-state index in [1.807, 2.05) is 13.0 Å². The van der Waals surface area contributed by atoms with Crippen molar-refractivity contribution in [2.24, 2.45) is 5.10 Å². The van der Waals surface area contributed by atoms with Crippen LogP contribution in [0.25, 0.3) is 0 Å². The summed E-state index contributed by atoms with van der Waals surface area (Å²) < 4.78 is 5.25. The van der Waals surface area contributed by atoms with E-state index in [0.717, 1.165) is 5.56 Å². The van der Waals surface area contributed by atoms with Gasteiger partial charge in [-0.25, -0.2) is 0 Å². The summed E-state index contributed by atoms with van der Waals surface area (Å²) in [6.07, 6.45) is 2.02. The molecule has 0 spiro atoms. The molecule has 0 radical (unpaired) electrons. The summed E-state index contributed by atoms with van der Waals surface area (Å²) in [5.74, 6) is 0.551. The van der Waals surface area contributed by atoms with Crippen LogP contribution < -0.4 is 10.2 Å². The van der Waals surface area contributed by atoms with Crippen LogP contribution in [-0.4, -0.2) is 24.5 Å². The number of benzene rings is 1. The predicted molar refractivity (Wildman–Crippen MR) is 65.1 cm³/mol. The molecule has 0 heterocycles. The molecule has 0 atom stereocenters. The smallest absolute Gasteiger partial charge is 0.161 e. The van der Waals surface area contributed by atoms with Gasteiger partial charge in [0, 0.05) is 6.54 Å². The molecule has 5 heteroatoms. The van der Waals surface area contributed by atoms with Crippen molar-refractivity contribution in [3.63, 3.8) is 0 Å². The number of ether oxygens (including phenoxy) is 1. The molecule has 0 aliphatic heterocycles. The van der Waals surface area contributed by atoms with Gasteiger partial charge in [0.05, 0.1) is 25.3 Å². The molecule has 17 heavy (non-hydrogen) atoms. The number of nitrogens with zero attached hydrogens (tertiary/aromatic N) is 2. The van der Waals surface area contributed by atoms with Gasteiger partial charge in [-0.1, -0.05) is 0 Å². The van der Waals surface area contributed by atoms with Gasteiger partial charge in [0.2, 0.25) is 0 Å². The fourth-order valence-electron chi connectivity index (χ4n) is 1.18. The van der Waals surface area contributed by atoms with Gasteiger partial charge in [0.25, 0.3) is 0 Å². The van der Waals surface area contributed by atoms with Gasteiger partial charge < -0.3 is 15.3 Å². The average Bonchev–Trinajstić information content (AvgIpc) is 2.33. The molecule has 5 nitrogen and oxygen atoms in total. The fraction of sp³-hybridized carbons (Fsp3) is 0.333. The van der Waals surface area contributed by atoms with Crippen molar-refractivity contribution in [2.75, 3.05) is 13.2 Å². The van der Waals surface area contributed by atoms with Crippen molar-refractivity contribution in [2.45, 2.75) is 13.3 Å². The Morgan fingerprint density at radius 1 is 1.59 bits per heavy atom. The molecule has 1 aromatic carbocycles. The molecule has 0 fully saturated rings. The molecule has 0 saturated carbocycles. The average molecular weight is 233 g/mol. The second-order valence-electron chi connectivity index (χ2n) is 3.23. The maximum absolute atomic E-state index is 9.49. The monoisotopic (exact) mass is 233 g/mol. The van der Waals surface area contributed by atoms with E-state index < -0.39 is 0 Å². The SMILES string of the molecule is CCOc1cc(/C=N/NCCC#N)ccc1O. The third-order valence-corrected chi connectivity index (χ3v) is 1.94. The van der Waals surface area contributed by atoms with Crippen LogP contribution in [0.1, 0.15) is 18.9 Å². The maximum Gasteiger partial charge on any atom is 0.161 e. The van der Waals surface area contributed by atoms with E-state index in [9.17, 15) is 5.11 Å². The normalized spacial score (nSPS) is 10.1. The highest BCUT2D eigenvalue weighted by atomic mass is 16.5. The van der Waals surface area contributed by atoms with Crippen molar-refractivity contribution in [1.82, 2.24) is 5.43 Å². The first kappa shape index (κ1) is 12.8. The zero-order valence-corrected chi connectivity index (χ0v) is 9.68. The van der Waals surface area contributed by atoms with E-state index in [2.05, 4.69) is 10.5 Å². The van der Waals surface area contributed by atoms with Crippen molar-refractivity contribution >= 4 is 6.21 Å². The van der Waals surface area contributed by atoms with Crippen LogP contribution in [0.5, 0.6) is 11.5 Å². The minimum absolute atomic E-state index is 0.112. The summed E-state index contributed by atoms with van der Waals surface area (Å²) in [4.78, 5) is 0. The molecule has 0 aliphatic carbocycles. The highest BCUT2D eigenvalue weighted by Gasteiger charge is 2.01. The summed E-state index contributed by atoms with van der Waals surface area (Å²) in [5, 5.41) is 21.8. The third kappa shape index (κ3) is 4.43. The highest BCUT2D eigenvalue weighted by Crippen LogP contribution is 2.25. The maximum atomic E-state index is 9.49. The Hall–Kier alpha value is -2.22. The first-order valence-electron chi connectivity index (χ1n) is 5.36. The number of aromatic hydroxyl groups is 1. The summed E-state index contributed by atoms with van der Waals surface area (Å²) in [7, 11) is 0. The lowest BCUT2D eigenvalue weighted by atomic mass is 10.2. The molecule has 0 aliphatic rings. The predicted octanol–water partition coefficient (Wildman–Crippen LogP) is 1.63. The van der Waals surface area contributed by atoms with E-state index in [1.165, 1.54) is 0 Å². The van der Waals surface area contributed by atoms with E-state index >= 15 is 0 Å². The summed E-state index contributed by atoms with van der Waals surface area (Å²) in [6.45, 7) is 2.86. The van der Waals surface area contributed by atoms with Gasteiger partial charge in [-0.3, -0.25) is 0 Å². The number of hydrogen-bond acceptors (Lipinski definition) is 5. The lowest BCUT2D eigenvalue weighted by Gasteiger charge is -2.05. The molecule has 0 saturated heterocycles. The molecule has 1 rings (SSSR count). The van der Waals surface area contributed by atoms with Crippen LogP contribution in [0, 0.1) is 11.3 Å². The number of phenols is 1. The van der Waals surface area contributed by atoms with E-state index in [0.29, 0.717) is 25.3 Å². The minimum atomic E-state index is 0.112.